The average Bonchev–Trinajstić information content (AvgIpc) is 0.799. The molecule has 6 heterocycles. The van der Waals surface area contributed by atoms with E-state index in [1.54, 1.807) is 42.0 Å². The van der Waals surface area contributed by atoms with Gasteiger partial charge in [0.2, 0.25) is 11.8 Å². The van der Waals surface area contributed by atoms with Crippen LogP contribution in [-0.2, 0) is 117 Å². The summed E-state index contributed by atoms with van der Waals surface area (Å²) < 4.78 is 95.2. The number of amides is 4. The number of aromatic nitrogens is 6. The van der Waals surface area contributed by atoms with Crippen LogP contribution in [0.5, 0.6) is 0 Å². The van der Waals surface area contributed by atoms with Gasteiger partial charge in [0, 0.05) is 28.2 Å². The fourth-order valence-electron chi connectivity index (χ4n) is 17.0. The van der Waals surface area contributed by atoms with E-state index in [-0.39, 0.29) is 115 Å². The van der Waals surface area contributed by atoms with Crippen LogP contribution in [0.4, 0.5) is 0 Å². The van der Waals surface area contributed by atoms with E-state index in [4.69, 9.17) is 71.1 Å². The summed E-state index contributed by atoms with van der Waals surface area (Å²) in [5, 5.41) is 132. The first-order chi connectivity index (χ1) is 56.2. The monoisotopic (exact) mass is 1670 g/mol. The number of rotatable bonds is 42. The normalized spacial score (nSPS) is 35.3. The Morgan fingerprint density at radius 3 is 1.15 bits per heavy atom. The summed E-state index contributed by atoms with van der Waals surface area (Å²) in [4.78, 5) is 59.3. The summed E-state index contributed by atoms with van der Waals surface area (Å²) in [5.74, 6) is -1.92. The van der Waals surface area contributed by atoms with Crippen molar-refractivity contribution in [2.45, 2.75) is 329 Å². The highest BCUT2D eigenvalue weighted by atomic mass is 16.7. The SMILES string of the molecule is CC1CCC[C@@H](O[C@@H]2OC(CO)[C@H](O)C(O[C@@H](CC3CCCCC3)C(=O)N(C)C)C2NC(=O)Cn2cc(COCCOCCOCCOCCOCc3cn(CC(=O)NC4C(O[C@@H](CC5CCCCC5)C(=O)N(C)C)[C@@H](O)C(CO)O[C@H]4O[C@@H]4CCCC(C)C4O[C@@H]4OC(C)[C@@H](O)C(O)C4O)nn3)nn2)C1O[C@@H]1OC(C)[C@@H](O)C(O)C1O. The Hall–Kier alpha value is -4.84. The molecule has 8 aliphatic rings. The third-order valence-electron chi connectivity index (χ3n) is 23.7. The van der Waals surface area contributed by atoms with Crippen molar-refractivity contribution in [3.05, 3.63) is 23.8 Å². The molecular formula is C78H132N10O29. The van der Waals surface area contributed by atoms with Crippen LogP contribution in [0.2, 0.25) is 0 Å². The van der Waals surface area contributed by atoms with E-state index in [0.717, 1.165) is 64.2 Å². The van der Waals surface area contributed by atoms with E-state index in [0.29, 0.717) is 62.8 Å². The van der Waals surface area contributed by atoms with Gasteiger partial charge >= 0.3 is 0 Å². The first-order valence-electron chi connectivity index (χ1n) is 42.1. The van der Waals surface area contributed by atoms with E-state index < -0.39 is 184 Å². The fraction of sp³-hybridized carbons (Fsp3) is 0.897. The molecule has 0 spiro atoms. The molecule has 668 valence electrons. The number of carbonyl (C=O) groups excluding carboxylic acids is 4. The molecule has 16 unspecified atom stereocenters. The molecule has 12 N–H and O–H groups in total. The zero-order valence-electron chi connectivity index (χ0n) is 68.9. The maximum atomic E-state index is 14.3. The molecule has 39 heteroatoms. The highest BCUT2D eigenvalue weighted by Gasteiger charge is 2.55. The highest BCUT2D eigenvalue weighted by molar-refractivity contribution is 5.81. The van der Waals surface area contributed by atoms with Crippen molar-refractivity contribution in [3.63, 3.8) is 0 Å². The van der Waals surface area contributed by atoms with E-state index in [2.05, 4.69) is 31.3 Å². The van der Waals surface area contributed by atoms with E-state index in [1.807, 2.05) is 13.8 Å². The molecule has 0 radical (unpaired) electrons. The van der Waals surface area contributed by atoms with Crippen LogP contribution < -0.4 is 10.6 Å². The third kappa shape index (κ3) is 26.6. The Kier molecular flexibility index (Phi) is 37.6. The number of ether oxygens (including phenoxy) is 15. The van der Waals surface area contributed by atoms with Gasteiger partial charge in [-0.2, -0.15) is 0 Å². The molecule has 2 aromatic rings. The second-order valence-corrected chi connectivity index (χ2v) is 33.2. The summed E-state index contributed by atoms with van der Waals surface area (Å²) in [6, 6.07) is -2.56. The number of aliphatic hydroxyl groups excluding tert-OH is 10. The smallest absolute Gasteiger partial charge is 0.251 e. The molecule has 2 aromatic heterocycles. The summed E-state index contributed by atoms with van der Waals surface area (Å²) in [7, 11) is 6.47. The van der Waals surface area contributed by atoms with Crippen molar-refractivity contribution in [2.24, 2.45) is 23.7 Å². The van der Waals surface area contributed by atoms with Gasteiger partial charge < -0.3 is 143 Å². The minimum absolute atomic E-state index is 0.0383. The Morgan fingerprint density at radius 2 is 0.795 bits per heavy atom. The largest absolute Gasteiger partial charge is 0.394 e. The van der Waals surface area contributed by atoms with Gasteiger partial charge in [0.1, 0.15) is 122 Å². The van der Waals surface area contributed by atoms with Gasteiger partial charge in [-0.1, -0.05) is 101 Å². The molecule has 4 amide bonds. The lowest BCUT2D eigenvalue weighted by molar-refractivity contribution is -0.336. The standard InChI is InChI=1S/C78H132N10O29/c1-43-17-15-23-51(69(43)116-77-67(99)65(97)61(93)45(3)108-77)112-75-59(71(63(95)55(39-89)114-75)110-53(73(101)85(5)6)33-47-19-11-9-12-20-47)79-57(91)37-87-35-49(81-83-87)41-106-31-29-104-27-25-103-26-28-105-30-32-107-42-50-36-88(84-82-50)38-58(92)80-60-72(111-54(74(102)86(7)8)34-48-21-13-10-14-22-48)64(96)56(40-90)115-76(60)113-52-24-16-18-44(2)70(52)117-78-68(100)66(98)62(94)46(4)109-78/h35-36,43-48,51-56,59-72,75-78,89-90,93-100H,9-34,37-42H2,1-8H3,(H,79,91)(H,80,92)/t43?,44?,45?,46?,51-,52-,53+,54+,55?,56?,59?,60?,61-,62-,63+,64+,65?,66?,67?,68?,69?,70?,71?,72?,75-,76-,77+,78+/m1/s1. The van der Waals surface area contributed by atoms with Gasteiger partial charge in [-0.3, -0.25) is 19.2 Å². The minimum Gasteiger partial charge on any atom is -0.394 e. The lowest BCUT2D eigenvalue weighted by Gasteiger charge is -2.48. The van der Waals surface area contributed by atoms with Gasteiger partial charge in [-0.25, -0.2) is 9.36 Å². The molecule has 0 aromatic carbocycles. The predicted molar refractivity (Wildman–Crippen MR) is 407 cm³/mol. The molecule has 28 atom stereocenters. The van der Waals surface area contributed by atoms with Crippen LogP contribution in [0.1, 0.15) is 155 Å². The number of carbonyl (C=O) groups is 4. The molecule has 4 saturated heterocycles. The number of hydrogen-bond acceptors (Lipinski definition) is 33. The number of nitrogens with zero attached hydrogens (tertiary/aromatic N) is 8. The van der Waals surface area contributed by atoms with Gasteiger partial charge in [0.25, 0.3) is 11.8 Å². The van der Waals surface area contributed by atoms with E-state index in [1.165, 1.54) is 31.6 Å². The van der Waals surface area contributed by atoms with Gasteiger partial charge in [0.15, 0.2) is 25.2 Å². The summed E-state index contributed by atoms with van der Waals surface area (Å²) >= 11 is 0. The van der Waals surface area contributed by atoms with Crippen LogP contribution in [0.15, 0.2) is 12.4 Å². The first-order valence-corrected chi connectivity index (χ1v) is 42.1. The van der Waals surface area contributed by atoms with Crippen LogP contribution in [0.3, 0.4) is 0 Å². The second-order valence-electron chi connectivity index (χ2n) is 33.2. The molecule has 8 fully saturated rings. The maximum absolute atomic E-state index is 14.3. The highest BCUT2D eigenvalue weighted by Crippen LogP contribution is 2.40. The van der Waals surface area contributed by atoms with Crippen molar-refractivity contribution < 1.29 is 141 Å². The van der Waals surface area contributed by atoms with Crippen molar-refractivity contribution in [1.82, 2.24) is 50.4 Å². The Labute approximate surface area is 683 Å². The number of hydrogen-bond donors (Lipinski definition) is 12. The zero-order valence-corrected chi connectivity index (χ0v) is 68.9. The van der Waals surface area contributed by atoms with Crippen LogP contribution in [-0.4, -0.2) is 368 Å². The van der Waals surface area contributed by atoms with Crippen molar-refractivity contribution in [3.8, 4) is 0 Å². The lowest BCUT2D eigenvalue weighted by atomic mass is 9.84. The van der Waals surface area contributed by atoms with E-state index in [9.17, 15) is 70.2 Å². The van der Waals surface area contributed by atoms with E-state index >= 15 is 0 Å². The Morgan fingerprint density at radius 1 is 0.436 bits per heavy atom. The Bertz CT molecular complexity index is 3060. The molecule has 10 rings (SSSR count). The molecule has 0 bridgehead atoms. The zero-order chi connectivity index (χ0) is 84.0. The van der Waals surface area contributed by atoms with Crippen LogP contribution in [0, 0.1) is 23.7 Å². The third-order valence-corrected chi connectivity index (χ3v) is 23.7. The molecule has 4 aliphatic heterocycles. The van der Waals surface area contributed by atoms with Crippen LogP contribution >= 0.6 is 0 Å². The summed E-state index contributed by atoms with van der Waals surface area (Å²) in [6.07, 6.45) is -12.5. The molecule has 4 saturated carbocycles. The average molecular weight is 1670 g/mol. The molecule has 117 heavy (non-hydrogen) atoms. The molecule has 39 nitrogen and oxygen atoms in total. The second kappa shape index (κ2) is 46.6. The fourth-order valence-corrected chi connectivity index (χ4v) is 17.0. The summed E-state index contributed by atoms with van der Waals surface area (Å²) in [5.41, 5.74) is 0.825. The predicted octanol–water partition coefficient (Wildman–Crippen LogP) is -1.76. The number of aliphatic hydroxyl groups is 10. The van der Waals surface area contributed by atoms with Gasteiger partial charge in [-0.05, 0) is 76.0 Å². The van der Waals surface area contributed by atoms with Gasteiger partial charge in [-0.15, -0.1) is 10.2 Å². The first kappa shape index (κ1) is 94.4. The number of likely N-dealkylation sites (N-methyl/N-ethyl adjacent to an activating group) is 2. The topological polar surface area (TPSA) is 501 Å². The minimum atomic E-state index is -1.59. The lowest BCUT2D eigenvalue weighted by Crippen LogP contribution is -2.67. The number of nitrogens with one attached hydrogen (secondary N) is 2. The Balaban J connectivity index is 0.649. The van der Waals surface area contributed by atoms with Crippen LogP contribution in [0.25, 0.3) is 0 Å². The van der Waals surface area contributed by atoms with Gasteiger partial charge in [0.05, 0.1) is 128 Å². The van der Waals surface area contributed by atoms with Crippen molar-refractivity contribution in [2.75, 3.05) is 94.3 Å². The quantitative estimate of drug-likeness (QED) is 0.0328. The molecular weight excluding hydrogens is 1540 g/mol. The van der Waals surface area contributed by atoms with Crippen molar-refractivity contribution in [1.29, 1.82) is 0 Å². The molecule has 4 aliphatic carbocycles. The van der Waals surface area contributed by atoms with Crippen molar-refractivity contribution >= 4 is 23.6 Å². The maximum Gasteiger partial charge on any atom is 0.251 e. The summed E-state index contributed by atoms with van der Waals surface area (Å²) in [6.45, 7) is 6.96.